The summed E-state index contributed by atoms with van der Waals surface area (Å²) >= 11 is 11.6. The van der Waals surface area contributed by atoms with Crippen molar-refractivity contribution in [2.24, 2.45) is 0 Å². The normalized spacial score (nSPS) is 21.0. The molecule has 128 valence electrons. The zero-order chi connectivity index (χ0) is 17.5. The van der Waals surface area contributed by atoms with Gasteiger partial charge < -0.3 is 5.32 Å². The van der Waals surface area contributed by atoms with E-state index in [0.29, 0.717) is 12.0 Å². The molecule has 2 aliphatic rings. The SMILES string of the molecule is O=C1CCC2=CC(S(=O)(=O)Nc3ccc(Cl)c(Cl)c3)=C(F)CC2N1. The summed E-state index contributed by atoms with van der Waals surface area (Å²) in [7, 11) is -4.12. The van der Waals surface area contributed by atoms with Gasteiger partial charge in [-0.1, -0.05) is 23.2 Å². The van der Waals surface area contributed by atoms with Gasteiger partial charge in [-0.3, -0.25) is 9.52 Å². The number of allylic oxidation sites excluding steroid dienone is 1. The first kappa shape index (κ1) is 17.3. The summed E-state index contributed by atoms with van der Waals surface area (Å²) in [6, 6.07) is 3.75. The highest BCUT2D eigenvalue weighted by Gasteiger charge is 2.33. The van der Waals surface area contributed by atoms with Gasteiger partial charge >= 0.3 is 0 Å². The summed E-state index contributed by atoms with van der Waals surface area (Å²) in [6.45, 7) is 0. The number of carbonyl (C=O) groups is 1. The zero-order valence-corrected chi connectivity index (χ0v) is 14.6. The molecule has 1 aromatic carbocycles. The van der Waals surface area contributed by atoms with Crippen LogP contribution in [0, 0.1) is 0 Å². The summed E-state index contributed by atoms with van der Waals surface area (Å²) in [6.07, 6.45) is 1.80. The number of nitrogens with one attached hydrogen (secondary N) is 2. The van der Waals surface area contributed by atoms with Crippen LogP contribution in [0.2, 0.25) is 10.0 Å². The Morgan fingerprint density at radius 2 is 1.96 bits per heavy atom. The summed E-state index contributed by atoms with van der Waals surface area (Å²) in [5.74, 6) is -0.955. The Balaban J connectivity index is 1.89. The average molecular weight is 391 g/mol. The minimum absolute atomic E-state index is 0.162. The monoisotopic (exact) mass is 390 g/mol. The van der Waals surface area contributed by atoms with Gasteiger partial charge in [0.2, 0.25) is 5.91 Å². The van der Waals surface area contributed by atoms with Crippen molar-refractivity contribution in [3.05, 3.63) is 50.6 Å². The average Bonchev–Trinajstić information content (AvgIpc) is 2.49. The highest BCUT2D eigenvalue weighted by atomic mass is 35.5. The Kier molecular flexibility index (Phi) is 4.59. The molecule has 0 radical (unpaired) electrons. The van der Waals surface area contributed by atoms with Crippen LogP contribution in [0.1, 0.15) is 19.3 Å². The van der Waals surface area contributed by atoms with Crippen LogP contribution in [0.15, 0.2) is 40.6 Å². The third-order valence-corrected chi connectivity index (χ3v) is 6.01. The number of halogens is 3. The summed E-state index contributed by atoms with van der Waals surface area (Å²) in [4.78, 5) is 11.0. The van der Waals surface area contributed by atoms with Gasteiger partial charge in [-0.25, -0.2) is 12.8 Å². The van der Waals surface area contributed by atoms with Crippen LogP contribution in [0.25, 0.3) is 0 Å². The van der Waals surface area contributed by atoms with Crippen molar-refractivity contribution >= 4 is 44.8 Å². The van der Waals surface area contributed by atoms with Crippen molar-refractivity contribution in [2.45, 2.75) is 25.3 Å². The number of anilines is 1. The molecule has 5 nitrogen and oxygen atoms in total. The fourth-order valence-corrected chi connectivity index (χ4v) is 4.19. The molecular weight excluding hydrogens is 378 g/mol. The van der Waals surface area contributed by atoms with E-state index in [2.05, 4.69) is 10.0 Å². The highest BCUT2D eigenvalue weighted by molar-refractivity contribution is 7.96. The lowest BCUT2D eigenvalue weighted by molar-refractivity contribution is -0.122. The molecule has 1 unspecified atom stereocenters. The van der Waals surface area contributed by atoms with E-state index in [1.54, 1.807) is 0 Å². The highest BCUT2D eigenvalue weighted by Crippen LogP contribution is 2.34. The third-order valence-electron chi connectivity index (χ3n) is 3.85. The number of carbonyl (C=O) groups excluding carboxylic acids is 1. The fourth-order valence-electron chi connectivity index (χ4n) is 2.67. The maximum atomic E-state index is 14.3. The Morgan fingerprint density at radius 1 is 1.21 bits per heavy atom. The smallest absolute Gasteiger partial charge is 0.264 e. The summed E-state index contributed by atoms with van der Waals surface area (Å²) in [5.41, 5.74) is 0.882. The maximum Gasteiger partial charge on any atom is 0.264 e. The standard InChI is InChI=1S/C15H13Cl2FN2O3S/c16-10-3-2-9(6-11(10)17)20-24(22,23)14-5-8-1-4-15(21)19-13(8)7-12(14)18/h2-3,5-6,13,20H,1,4,7H2,(H,19,21). The number of piperidine rings is 1. The fraction of sp³-hybridized carbons (Fsp3) is 0.267. The molecule has 1 aliphatic carbocycles. The second kappa shape index (κ2) is 6.38. The molecule has 0 bridgehead atoms. The lowest BCUT2D eigenvalue weighted by atomic mass is 9.91. The van der Waals surface area contributed by atoms with Crippen molar-refractivity contribution < 1.29 is 17.6 Å². The third kappa shape index (κ3) is 3.43. The molecule has 1 amide bonds. The first-order chi connectivity index (χ1) is 11.3. The van der Waals surface area contributed by atoms with Crippen molar-refractivity contribution in [3.63, 3.8) is 0 Å². The Hall–Kier alpha value is -1.57. The van der Waals surface area contributed by atoms with Gasteiger partial charge in [0.25, 0.3) is 10.0 Å². The van der Waals surface area contributed by atoms with Gasteiger partial charge in [-0.05, 0) is 36.3 Å². The van der Waals surface area contributed by atoms with Gasteiger partial charge in [-0.15, -0.1) is 0 Å². The van der Waals surface area contributed by atoms with Crippen LogP contribution < -0.4 is 10.0 Å². The number of amides is 1. The van der Waals surface area contributed by atoms with Crippen LogP contribution in [-0.2, 0) is 14.8 Å². The Labute approximate surface area is 148 Å². The second-order valence-corrected chi connectivity index (χ2v) is 8.01. The van der Waals surface area contributed by atoms with Crippen LogP contribution in [0.5, 0.6) is 0 Å². The quantitative estimate of drug-likeness (QED) is 0.828. The number of fused-ring (bicyclic) bond motifs is 1. The summed E-state index contributed by atoms with van der Waals surface area (Å²) in [5, 5.41) is 3.12. The number of hydrogen-bond acceptors (Lipinski definition) is 3. The molecular formula is C15H13Cl2FN2O3S. The van der Waals surface area contributed by atoms with E-state index < -0.39 is 26.8 Å². The van der Waals surface area contributed by atoms with E-state index >= 15 is 0 Å². The van der Waals surface area contributed by atoms with Crippen LogP contribution in [0.3, 0.4) is 0 Å². The van der Waals surface area contributed by atoms with Gasteiger partial charge in [0, 0.05) is 12.8 Å². The van der Waals surface area contributed by atoms with E-state index in [0.717, 1.165) is 0 Å². The van der Waals surface area contributed by atoms with Crippen LogP contribution in [0.4, 0.5) is 10.1 Å². The molecule has 24 heavy (non-hydrogen) atoms. The molecule has 1 aliphatic heterocycles. The van der Waals surface area contributed by atoms with E-state index in [1.165, 1.54) is 24.3 Å². The minimum atomic E-state index is -4.12. The topological polar surface area (TPSA) is 75.3 Å². The largest absolute Gasteiger partial charge is 0.349 e. The van der Waals surface area contributed by atoms with Crippen LogP contribution in [-0.4, -0.2) is 20.4 Å². The zero-order valence-electron chi connectivity index (χ0n) is 12.3. The van der Waals surface area contributed by atoms with Crippen molar-refractivity contribution in [1.82, 2.24) is 5.32 Å². The van der Waals surface area contributed by atoms with Gasteiger partial charge in [0.1, 0.15) is 10.7 Å². The van der Waals surface area contributed by atoms with E-state index in [-0.39, 0.29) is 34.5 Å². The lowest BCUT2D eigenvalue weighted by Crippen LogP contribution is -2.42. The Morgan fingerprint density at radius 3 is 2.67 bits per heavy atom. The molecule has 0 spiro atoms. The van der Waals surface area contributed by atoms with Crippen molar-refractivity contribution in [2.75, 3.05) is 4.72 Å². The van der Waals surface area contributed by atoms with Gasteiger partial charge in [0.15, 0.2) is 0 Å². The summed E-state index contributed by atoms with van der Waals surface area (Å²) < 4.78 is 41.6. The first-order valence-corrected chi connectivity index (χ1v) is 9.36. The number of sulfonamides is 1. The van der Waals surface area contributed by atoms with E-state index in [4.69, 9.17) is 23.2 Å². The van der Waals surface area contributed by atoms with Crippen molar-refractivity contribution in [1.29, 1.82) is 0 Å². The molecule has 9 heteroatoms. The Bertz CT molecular complexity index is 881. The van der Waals surface area contributed by atoms with Gasteiger partial charge in [-0.2, -0.15) is 0 Å². The maximum absolute atomic E-state index is 14.3. The van der Waals surface area contributed by atoms with Gasteiger partial charge in [0.05, 0.1) is 21.8 Å². The molecule has 1 fully saturated rings. The molecule has 0 saturated carbocycles. The molecule has 1 atom stereocenters. The van der Waals surface area contributed by atoms with E-state index in [1.807, 2.05) is 0 Å². The molecule has 0 aromatic heterocycles. The van der Waals surface area contributed by atoms with Crippen molar-refractivity contribution in [3.8, 4) is 0 Å². The van der Waals surface area contributed by atoms with E-state index in [9.17, 15) is 17.6 Å². The first-order valence-electron chi connectivity index (χ1n) is 7.12. The number of benzene rings is 1. The van der Waals surface area contributed by atoms with Crippen LogP contribution >= 0.6 is 23.2 Å². The minimum Gasteiger partial charge on any atom is -0.349 e. The predicted octanol–water partition coefficient (Wildman–Crippen LogP) is 3.52. The molecule has 1 saturated heterocycles. The second-order valence-electron chi connectivity index (χ2n) is 5.55. The molecule has 1 aromatic rings. The molecule has 1 heterocycles. The molecule has 3 rings (SSSR count). The molecule has 2 N–H and O–H groups in total. The predicted molar refractivity (Wildman–Crippen MR) is 91.0 cm³/mol. The number of hydrogen-bond donors (Lipinski definition) is 2. The lowest BCUT2D eigenvalue weighted by Gasteiger charge is -2.29. The number of rotatable bonds is 3.